The van der Waals surface area contributed by atoms with Crippen LogP contribution in [0.2, 0.25) is 5.02 Å². The minimum Gasteiger partial charge on any atom is -0.375 e. The zero-order valence-corrected chi connectivity index (χ0v) is 19.0. The van der Waals surface area contributed by atoms with E-state index in [1.165, 1.54) is 12.8 Å². The Morgan fingerprint density at radius 2 is 1.89 bits per heavy atom. The van der Waals surface area contributed by atoms with Crippen LogP contribution >= 0.6 is 35.6 Å². The number of benzene rings is 1. The second kappa shape index (κ2) is 9.29. The number of nitrogens with one attached hydrogen (secondary N) is 1. The van der Waals surface area contributed by atoms with E-state index in [-0.39, 0.29) is 30.1 Å². The van der Waals surface area contributed by atoms with Crippen molar-refractivity contribution in [2.45, 2.75) is 38.1 Å². The van der Waals surface area contributed by atoms with E-state index in [9.17, 15) is 0 Å². The molecule has 0 radical (unpaired) electrons. The van der Waals surface area contributed by atoms with Crippen molar-refractivity contribution in [3.05, 3.63) is 34.9 Å². The van der Waals surface area contributed by atoms with Crippen LogP contribution in [-0.4, -0.2) is 56.4 Å². The second-order valence-electron chi connectivity index (χ2n) is 7.49. The van der Waals surface area contributed by atoms with Gasteiger partial charge in [-0.15, -0.1) is 24.0 Å². The molecule has 4 rings (SSSR count). The summed E-state index contributed by atoms with van der Waals surface area (Å²) in [6.07, 6.45) is 3.34. The van der Waals surface area contributed by atoms with Gasteiger partial charge in [0, 0.05) is 43.6 Å². The van der Waals surface area contributed by atoms with Crippen molar-refractivity contribution in [2.75, 3.05) is 33.3 Å². The van der Waals surface area contributed by atoms with E-state index in [1.807, 2.05) is 24.3 Å². The molecule has 0 saturated carbocycles. The Morgan fingerprint density at radius 3 is 2.44 bits per heavy atom. The van der Waals surface area contributed by atoms with E-state index >= 15 is 0 Å². The largest absolute Gasteiger partial charge is 0.375 e. The first-order valence-electron chi connectivity index (χ1n) is 9.66. The normalized spacial score (nSPS) is 30.2. The van der Waals surface area contributed by atoms with Crippen molar-refractivity contribution in [1.29, 1.82) is 0 Å². The summed E-state index contributed by atoms with van der Waals surface area (Å²) >= 11 is 5.99. The zero-order valence-electron chi connectivity index (χ0n) is 15.9. The van der Waals surface area contributed by atoms with E-state index in [4.69, 9.17) is 26.1 Å². The van der Waals surface area contributed by atoms with Gasteiger partial charge < -0.3 is 19.7 Å². The summed E-state index contributed by atoms with van der Waals surface area (Å²) < 4.78 is 11.8. The van der Waals surface area contributed by atoms with Crippen LogP contribution in [0.3, 0.4) is 0 Å². The Morgan fingerprint density at radius 1 is 1.26 bits per heavy atom. The number of methoxy groups -OCH3 is 1. The minimum absolute atomic E-state index is 0. The monoisotopic (exact) mass is 505 g/mol. The van der Waals surface area contributed by atoms with E-state index < -0.39 is 0 Å². The lowest BCUT2D eigenvalue weighted by molar-refractivity contribution is 0.0765. The minimum atomic E-state index is -0.0671. The highest BCUT2D eigenvalue weighted by Crippen LogP contribution is 2.47. The third-order valence-electron chi connectivity index (χ3n) is 6.02. The van der Waals surface area contributed by atoms with Gasteiger partial charge in [-0.1, -0.05) is 23.7 Å². The van der Waals surface area contributed by atoms with Gasteiger partial charge in [0.25, 0.3) is 0 Å². The molecule has 3 aliphatic rings. The molecule has 3 heterocycles. The molecule has 0 aromatic heterocycles. The van der Waals surface area contributed by atoms with Crippen molar-refractivity contribution < 1.29 is 9.47 Å². The van der Waals surface area contributed by atoms with Crippen LogP contribution in [0.5, 0.6) is 0 Å². The van der Waals surface area contributed by atoms with E-state index in [2.05, 4.69) is 17.1 Å². The average Bonchev–Trinajstić information content (AvgIpc) is 3.35. The summed E-state index contributed by atoms with van der Waals surface area (Å²) in [4.78, 5) is 7.31. The first kappa shape index (κ1) is 21.1. The lowest BCUT2D eigenvalue weighted by Crippen LogP contribution is -2.41. The number of ether oxygens (including phenoxy) is 2. The number of hydrogen-bond acceptors (Lipinski definition) is 3. The van der Waals surface area contributed by atoms with Gasteiger partial charge in [-0.05, 0) is 37.5 Å². The molecule has 3 aliphatic heterocycles. The molecule has 2 bridgehead atoms. The average molecular weight is 506 g/mol. The number of halogens is 2. The van der Waals surface area contributed by atoms with Crippen molar-refractivity contribution >= 4 is 41.5 Å². The molecule has 7 heteroatoms. The highest BCUT2D eigenvalue weighted by atomic mass is 127. The molecule has 3 fully saturated rings. The molecular formula is C20H29ClIN3O2. The number of likely N-dealkylation sites (tertiary alicyclic amines) is 1. The Kier molecular flexibility index (Phi) is 7.27. The first-order valence-corrected chi connectivity index (χ1v) is 10.0. The molecule has 0 spiro atoms. The van der Waals surface area contributed by atoms with E-state index in [0.717, 1.165) is 36.2 Å². The molecule has 0 amide bonds. The summed E-state index contributed by atoms with van der Waals surface area (Å²) in [6.45, 7) is 5.68. The van der Waals surface area contributed by atoms with E-state index in [1.54, 1.807) is 7.11 Å². The van der Waals surface area contributed by atoms with Crippen LogP contribution < -0.4 is 5.32 Å². The van der Waals surface area contributed by atoms with Crippen molar-refractivity contribution in [2.24, 2.45) is 16.8 Å². The van der Waals surface area contributed by atoms with Crippen LogP contribution in [0.15, 0.2) is 29.3 Å². The number of rotatable bonds is 5. The Hall–Kier alpha value is -0.570. The van der Waals surface area contributed by atoms with Gasteiger partial charge in [0.1, 0.15) is 6.10 Å². The van der Waals surface area contributed by atoms with E-state index in [0.29, 0.717) is 30.6 Å². The maximum atomic E-state index is 6.09. The molecule has 5 nitrogen and oxygen atoms in total. The second-order valence-corrected chi connectivity index (χ2v) is 7.93. The smallest absolute Gasteiger partial charge is 0.194 e. The van der Waals surface area contributed by atoms with Crippen LogP contribution in [-0.2, 0) is 9.47 Å². The van der Waals surface area contributed by atoms with Crippen molar-refractivity contribution in [3.63, 3.8) is 0 Å². The van der Waals surface area contributed by atoms with Crippen LogP contribution in [0, 0.1) is 11.8 Å². The van der Waals surface area contributed by atoms with Crippen LogP contribution in [0.4, 0.5) is 0 Å². The Bertz CT molecular complexity index is 639. The molecule has 1 aromatic carbocycles. The highest BCUT2D eigenvalue weighted by Gasteiger charge is 2.53. The highest BCUT2D eigenvalue weighted by molar-refractivity contribution is 14.0. The predicted molar refractivity (Wildman–Crippen MR) is 119 cm³/mol. The van der Waals surface area contributed by atoms with Gasteiger partial charge >= 0.3 is 0 Å². The fourth-order valence-corrected chi connectivity index (χ4v) is 4.85. The number of guanidine groups is 1. The standard InChI is InChI=1S/C20H28ClN3O2.HI/c1-3-22-20(23-10-19(25-2)13-4-6-14(21)7-5-13)24-11-15-16(12-24)18-9-8-17(15)26-18;/h4-7,15-19H,3,8-12H2,1-2H3,(H,22,23);1H. The summed E-state index contributed by atoms with van der Waals surface area (Å²) in [5.41, 5.74) is 1.10. The van der Waals surface area contributed by atoms with Crippen LogP contribution in [0.25, 0.3) is 0 Å². The lowest BCUT2D eigenvalue weighted by atomic mass is 9.82. The third kappa shape index (κ3) is 4.38. The lowest BCUT2D eigenvalue weighted by Gasteiger charge is -2.24. The molecule has 1 aromatic rings. The molecule has 5 unspecified atom stereocenters. The molecule has 5 atom stereocenters. The van der Waals surface area contributed by atoms with Gasteiger partial charge in [-0.25, -0.2) is 0 Å². The fraction of sp³-hybridized carbons (Fsp3) is 0.650. The predicted octanol–water partition coefficient (Wildman–Crippen LogP) is 3.72. The number of fused-ring (bicyclic) bond motifs is 5. The molecule has 150 valence electrons. The van der Waals surface area contributed by atoms with Gasteiger partial charge in [-0.2, -0.15) is 0 Å². The molecule has 3 saturated heterocycles. The SMILES string of the molecule is CCNC(=NCC(OC)c1ccc(Cl)cc1)N1CC2C3CCC(O3)C2C1.I. The van der Waals surface area contributed by atoms with Crippen molar-refractivity contribution in [1.82, 2.24) is 10.2 Å². The molecule has 27 heavy (non-hydrogen) atoms. The maximum Gasteiger partial charge on any atom is 0.194 e. The number of aliphatic imine (C=N–C) groups is 1. The fourth-order valence-electron chi connectivity index (χ4n) is 4.72. The summed E-state index contributed by atoms with van der Waals surface area (Å²) in [5.74, 6) is 2.34. The number of nitrogens with zero attached hydrogens (tertiary/aromatic N) is 2. The summed E-state index contributed by atoms with van der Waals surface area (Å²) in [6, 6.07) is 7.81. The van der Waals surface area contributed by atoms with Gasteiger partial charge in [0.15, 0.2) is 5.96 Å². The topological polar surface area (TPSA) is 46.1 Å². The van der Waals surface area contributed by atoms with Gasteiger partial charge in [-0.3, -0.25) is 4.99 Å². The Labute approximate surface area is 183 Å². The molecular weight excluding hydrogens is 477 g/mol. The Balaban J connectivity index is 0.00000210. The zero-order chi connectivity index (χ0) is 18.1. The third-order valence-corrected chi connectivity index (χ3v) is 6.27. The summed E-state index contributed by atoms with van der Waals surface area (Å²) in [7, 11) is 1.73. The quantitative estimate of drug-likeness (QED) is 0.376. The van der Waals surface area contributed by atoms with Gasteiger partial charge in [0.2, 0.25) is 0 Å². The van der Waals surface area contributed by atoms with Crippen molar-refractivity contribution in [3.8, 4) is 0 Å². The molecule has 1 N–H and O–H groups in total. The summed E-state index contributed by atoms with van der Waals surface area (Å²) in [5, 5.41) is 4.20. The first-order chi connectivity index (χ1) is 12.7. The van der Waals surface area contributed by atoms with Crippen LogP contribution in [0.1, 0.15) is 31.4 Å². The number of hydrogen-bond donors (Lipinski definition) is 1. The molecule has 0 aliphatic carbocycles. The van der Waals surface area contributed by atoms with Gasteiger partial charge in [0.05, 0.1) is 18.8 Å². The maximum absolute atomic E-state index is 6.09.